The summed E-state index contributed by atoms with van der Waals surface area (Å²) in [5.41, 5.74) is 1.17. The van der Waals surface area contributed by atoms with E-state index in [1.165, 1.54) is 15.6 Å². The van der Waals surface area contributed by atoms with E-state index in [-0.39, 0.29) is 0 Å². The Labute approximate surface area is 111 Å². The van der Waals surface area contributed by atoms with E-state index in [2.05, 4.69) is 47.0 Å². The minimum atomic E-state index is 0.694. The fraction of sp³-hybridized carbons (Fsp3) is 0.462. The first-order valence-corrected chi connectivity index (χ1v) is 7.66. The average molecular weight is 266 g/mol. The maximum absolute atomic E-state index is 4.64. The number of rotatable bonds is 6. The van der Waals surface area contributed by atoms with Crippen molar-refractivity contribution < 1.29 is 0 Å². The monoisotopic (exact) mass is 266 g/mol. The maximum atomic E-state index is 4.64. The van der Waals surface area contributed by atoms with E-state index < -0.39 is 0 Å². The smallest absolute Gasteiger partial charge is 0.0981 e. The number of aromatic nitrogens is 1. The van der Waals surface area contributed by atoms with E-state index in [1.807, 2.05) is 0 Å². The van der Waals surface area contributed by atoms with Gasteiger partial charge >= 0.3 is 0 Å². The van der Waals surface area contributed by atoms with Gasteiger partial charge in [0.05, 0.1) is 10.7 Å². The molecule has 2 aromatic rings. The van der Waals surface area contributed by atoms with Crippen molar-refractivity contribution in [2.75, 3.05) is 6.54 Å². The number of thiophene rings is 1. The topological polar surface area (TPSA) is 24.9 Å². The van der Waals surface area contributed by atoms with Crippen molar-refractivity contribution in [1.29, 1.82) is 0 Å². The highest BCUT2D eigenvalue weighted by Crippen LogP contribution is 2.18. The van der Waals surface area contributed by atoms with Gasteiger partial charge in [-0.3, -0.25) is 0 Å². The normalized spacial score (nSPS) is 11.2. The van der Waals surface area contributed by atoms with E-state index >= 15 is 0 Å². The molecule has 2 heterocycles. The van der Waals surface area contributed by atoms with Crippen LogP contribution in [0.25, 0.3) is 0 Å². The van der Waals surface area contributed by atoms with Gasteiger partial charge in [0, 0.05) is 23.2 Å². The maximum Gasteiger partial charge on any atom is 0.0981 e. The first-order valence-electron chi connectivity index (χ1n) is 5.90. The zero-order valence-corrected chi connectivity index (χ0v) is 11.9. The molecule has 2 nitrogen and oxygen atoms in total. The molecule has 0 saturated heterocycles. The lowest BCUT2D eigenvalue weighted by Crippen LogP contribution is -2.19. The van der Waals surface area contributed by atoms with Crippen molar-refractivity contribution >= 4 is 22.7 Å². The van der Waals surface area contributed by atoms with Crippen LogP contribution in [0.2, 0.25) is 0 Å². The molecule has 1 N–H and O–H groups in total. The van der Waals surface area contributed by atoms with Gasteiger partial charge < -0.3 is 5.32 Å². The summed E-state index contributed by atoms with van der Waals surface area (Å²) in [6.45, 7) is 6.38. The zero-order chi connectivity index (χ0) is 12.1. The molecule has 0 aromatic carbocycles. The summed E-state index contributed by atoms with van der Waals surface area (Å²) in [5, 5.41) is 8.92. The zero-order valence-electron chi connectivity index (χ0n) is 10.3. The van der Waals surface area contributed by atoms with E-state index in [9.17, 15) is 0 Å². The number of hydrogen-bond donors (Lipinski definition) is 1. The van der Waals surface area contributed by atoms with Crippen molar-refractivity contribution in [3.8, 4) is 0 Å². The Hall–Kier alpha value is -0.710. The minimum absolute atomic E-state index is 0.694. The Bertz CT molecular complexity index is 432. The van der Waals surface area contributed by atoms with Crippen LogP contribution in [0.3, 0.4) is 0 Å². The fourth-order valence-electron chi connectivity index (χ4n) is 1.56. The van der Waals surface area contributed by atoms with E-state index in [4.69, 9.17) is 0 Å². The van der Waals surface area contributed by atoms with Gasteiger partial charge in [-0.2, -0.15) is 0 Å². The predicted octanol–water partition coefficient (Wildman–Crippen LogP) is 3.54. The molecule has 0 unspecified atom stereocenters. The third-order valence-electron chi connectivity index (χ3n) is 2.36. The number of nitrogens with zero attached hydrogens (tertiary/aromatic N) is 1. The molecule has 0 bridgehead atoms. The van der Waals surface area contributed by atoms with Crippen LogP contribution in [-0.4, -0.2) is 11.5 Å². The van der Waals surface area contributed by atoms with Crippen LogP contribution in [0.4, 0.5) is 0 Å². The fourth-order valence-corrected chi connectivity index (χ4v) is 3.18. The molecule has 0 amide bonds. The highest BCUT2D eigenvalue weighted by molar-refractivity contribution is 7.11. The van der Waals surface area contributed by atoms with Crippen LogP contribution >= 0.6 is 22.7 Å². The largest absolute Gasteiger partial charge is 0.311 e. The summed E-state index contributed by atoms with van der Waals surface area (Å²) in [5.74, 6) is 0.694. The molecule has 92 valence electrons. The van der Waals surface area contributed by atoms with Gasteiger partial charge in [-0.15, -0.1) is 22.7 Å². The molecule has 0 atom stereocenters. The molecule has 2 aromatic heterocycles. The van der Waals surface area contributed by atoms with Crippen LogP contribution in [0.1, 0.15) is 29.4 Å². The third kappa shape index (κ3) is 4.22. The Morgan fingerprint density at radius 2 is 2.24 bits per heavy atom. The molecular formula is C13H18N2S2. The molecule has 4 heteroatoms. The van der Waals surface area contributed by atoms with Gasteiger partial charge in [-0.25, -0.2) is 4.98 Å². The molecule has 17 heavy (non-hydrogen) atoms. The van der Waals surface area contributed by atoms with Crippen LogP contribution in [-0.2, 0) is 13.0 Å². The number of thiazole rings is 1. The van der Waals surface area contributed by atoms with Gasteiger partial charge in [-0.05, 0) is 23.9 Å². The molecule has 0 aliphatic carbocycles. The second-order valence-electron chi connectivity index (χ2n) is 4.51. The van der Waals surface area contributed by atoms with Crippen LogP contribution in [0.5, 0.6) is 0 Å². The molecule has 0 aliphatic rings. The first-order chi connectivity index (χ1) is 8.24. The first kappa shape index (κ1) is 12.7. The SMILES string of the molecule is CC(C)CNCc1csc(Cc2cccs2)n1. The van der Waals surface area contributed by atoms with Gasteiger partial charge in [0.15, 0.2) is 0 Å². The number of nitrogens with one attached hydrogen (secondary N) is 1. The molecule has 0 saturated carbocycles. The third-order valence-corrected chi connectivity index (χ3v) is 4.14. The molecule has 0 aliphatic heterocycles. The summed E-state index contributed by atoms with van der Waals surface area (Å²) in [6.07, 6.45) is 0.979. The minimum Gasteiger partial charge on any atom is -0.311 e. The molecule has 0 spiro atoms. The lowest BCUT2D eigenvalue weighted by Gasteiger charge is -2.04. The molecule has 0 radical (unpaired) electrons. The summed E-state index contributed by atoms with van der Waals surface area (Å²) in [4.78, 5) is 6.03. The highest BCUT2D eigenvalue weighted by atomic mass is 32.1. The van der Waals surface area contributed by atoms with Gasteiger partial charge in [0.2, 0.25) is 0 Å². The van der Waals surface area contributed by atoms with Crippen LogP contribution in [0.15, 0.2) is 22.9 Å². The lowest BCUT2D eigenvalue weighted by atomic mass is 10.2. The van der Waals surface area contributed by atoms with Gasteiger partial charge in [-0.1, -0.05) is 19.9 Å². The van der Waals surface area contributed by atoms with Gasteiger partial charge in [0.1, 0.15) is 0 Å². The van der Waals surface area contributed by atoms with E-state index in [0.29, 0.717) is 5.92 Å². The summed E-state index contributed by atoms with van der Waals surface area (Å²) in [7, 11) is 0. The second-order valence-corrected chi connectivity index (χ2v) is 6.49. The van der Waals surface area contributed by atoms with Crippen molar-refractivity contribution in [3.05, 3.63) is 38.5 Å². The highest BCUT2D eigenvalue weighted by Gasteiger charge is 2.04. The molecular weight excluding hydrogens is 248 g/mol. The summed E-state index contributed by atoms with van der Waals surface area (Å²) < 4.78 is 0. The standard InChI is InChI=1S/C13H18N2S2/c1-10(2)7-14-8-11-9-17-13(15-11)6-12-4-3-5-16-12/h3-5,9-10,14H,6-8H2,1-2H3. The summed E-state index contributed by atoms with van der Waals surface area (Å²) >= 11 is 3.56. The summed E-state index contributed by atoms with van der Waals surface area (Å²) in [6, 6.07) is 4.27. The Kier molecular flexibility index (Phi) is 4.71. The van der Waals surface area contributed by atoms with Crippen molar-refractivity contribution in [2.24, 2.45) is 5.92 Å². The quantitative estimate of drug-likeness (QED) is 0.865. The molecule has 2 rings (SSSR count). The van der Waals surface area contributed by atoms with E-state index in [0.717, 1.165) is 19.5 Å². The van der Waals surface area contributed by atoms with Crippen molar-refractivity contribution in [1.82, 2.24) is 10.3 Å². The van der Waals surface area contributed by atoms with Crippen LogP contribution in [0, 0.1) is 5.92 Å². The van der Waals surface area contributed by atoms with Crippen LogP contribution < -0.4 is 5.32 Å². The lowest BCUT2D eigenvalue weighted by molar-refractivity contribution is 0.549. The van der Waals surface area contributed by atoms with Gasteiger partial charge in [0.25, 0.3) is 0 Å². The Morgan fingerprint density at radius 3 is 2.94 bits per heavy atom. The average Bonchev–Trinajstić information content (AvgIpc) is 2.90. The number of hydrogen-bond acceptors (Lipinski definition) is 4. The predicted molar refractivity (Wildman–Crippen MR) is 75.8 cm³/mol. The second kappa shape index (κ2) is 6.28. The molecule has 0 fully saturated rings. The Morgan fingerprint density at radius 1 is 1.35 bits per heavy atom. The van der Waals surface area contributed by atoms with E-state index in [1.54, 1.807) is 22.7 Å². The van der Waals surface area contributed by atoms with Crippen molar-refractivity contribution in [3.63, 3.8) is 0 Å². The Balaban J connectivity index is 1.83. The van der Waals surface area contributed by atoms with Crippen molar-refractivity contribution in [2.45, 2.75) is 26.8 Å².